The van der Waals surface area contributed by atoms with E-state index in [9.17, 15) is 30.3 Å². The number of nitrogens with one attached hydrogen (secondary N) is 1. The van der Waals surface area contributed by atoms with E-state index in [1.807, 2.05) is 52.0 Å². The lowest BCUT2D eigenvalue weighted by Gasteiger charge is -2.41. The van der Waals surface area contributed by atoms with E-state index >= 15 is 0 Å². The maximum Gasteiger partial charge on any atom is 0.238 e. The lowest BCUT2D eigenvalue weighted by atomic mass is 9.94. The van der Waals surface area contributed by atoms with Crippen molar-refractivity contribution in [2.45, 2.75) is 90.4 Å². The number of aromatic amines is 1. The second kappa shape index (κ2) is 15.6. The van der Waals surface area contributed by atoms with Crippen LogP contribution in [0.2, 0.25) is 0 Å². The van der Waals surface area contributed by atoms with Gasteiger partial charge < -0.3 is 49.5 Å². The van der Waals surface area contributed by atoms with Gasteiger partial charge in [0.2, 0.25) is 17.1 Å². The number of rotatable bonds is 13. The number of allylic oxidation sites excluding steroid dienone is 3. The SMILES string of the molecule is C/C=C(\C)C(OC1OC(CO)C(O)C(O)C1O)C(C)/C=C(C)/C=C/C[C@](C)(O)/C=C/c1[nH]c(OC)c(OC)c(=O)c1C. The summed E-state index contributed by atoms with van der Waals surface area (Å²) in [4.78, 5) is 15.6. The molecule has 2 rings (SSSR count). The van der Waals surface area contributed by atoms with E-state index in [-0.39, 0.29) is 29.4 Å². The van der Waals surface area contributed by atoms with Crippen LogP contribution >= 0.6 is 0 Å². The summed E-state index contributed by atoms with van der Waals surface area (Å²) in [7, 11) is 2.82. The van der Waals surface area contributed by atoms with Crippen molar-refractivity contribution in [1.82, 2.24) is 4.98 Å². The van der Waals surface area contributed by atoms with Gasteiger partial charge in [-0.05, 0) is 52.7 Å². The first-order valence-electron chi connectivity index (χ1n) is 13.9. The third kappa shape index (κ3) is 8.87. The Morgan fingerprint density at radius 1 is 1.14 bits per heavy atom. The summed E-state index contributed by atoms with van der Waals surface area (Å²) in [5.74, 6) is 0.0939. The van der Waals surface area contributed by atoms with E-state index in [4.69, 9.17) is 18.9 Å². The first kappa shape index (κ1) is 35.4. The molecule has 1 aliphatic heterocycles. The topological polar surface area (TPSA) is 171 Å². The Morgan fingerprint density at radius 3 is 2.38 bits per heavy atom. The number of hydrogen-bond acceptors (Lipinski definition) is 10. The van der Waals surface area contributed by atoms with Crippen LogP contribution in [0.3, 0.4) is 0 Å². The van der Waals surface area contributed by atoms with Crippen molar-refractivity contribution < 1.29 is 44.5 Å². The summed E-state index contributed by atoms with van der Waals surface area (Å²) in [5, 5.41) is 51.0. The van der Waals surface area contributed by atoms with Gasteiger partial charge >= 0.3 is 0 Å². The van der Waals surface area contributed by atoms with E-state index < -0.39 is 49.0 Å². The minimum absolute atomic E-state index is 0.0868. The Hall–Kier alpha value is -2.77. The summed E-state index contributed by atoms with van der Waals surface area (Å²) in [6.07, 6.45) is 3.75. The molecule has 1 aromatic heterocycles. The average molecular weight is 594 g/mol. The van der Waals surface area contributed by atoms with Crippen molar-refractivity contribution in [2.24, 2.45) is 5.92 Å². The number of ether oxygens (including phenoxy) is 4. The highest BCUT2D eigenvalue weighted by Gasteiger charge is 2.45. The summed E-state index contributed by atoms with van der Waals surface area (Å²) < 4.78 is 22.0. The van der Waals surface area contributed by atoms with Crippen molar-refractivity contribution in [3.8, 4) is 11.6 Å². The zero-order valence-corrected chi connectivity index (χ0v) is 25.7. The highest BCUT2D eigenvalue weighted by atomic mass is 16.7. The molecule has 0 amide bonds. The van der Waals surface area contributed by atoms with E-state index in [1.165, 1.54) is 14.2 Å². The van der Waals surface area contributed by atoms with Crippen LogP contribution in [0.4, 0.5) is 0 Å². The number of H-pyrrole nitrogens is 1. The Kier molecular flexibility index (Phi) is 13.2. The molecule has 1 aromatic rings. The largest absolute Gasteiger partial charge is 0.488 e. The molecule has 8 atom stereocenters. The number of hydrogen-bond donors (Lipinski definition) is 6. The first-order chi connectivity index (χ1) is 19.7. The summed E-state index contributed by atoms with van der Waals surface area (Å²) >= 11 is 0. The summed E-state index contributed by atoms with van der Waals surface area (Å²) in [6.45, 7) is 10.4. The number of pyridine rings is 1. The molecular formula is C31H47NO10. The second-order valence-electron chi connectivity index (χ2n) is 10.9. The van der Waals surface area contributed by atoms with Gasteiger partial charge in [-0.25, -0.2) is 0 Å². The zero-order valence-electron chi connectivity index (χ0n) is 25.7. The van der Waals surface area contributed by atoms with Crippen LogP contribution < -0.4 is 14.9 Å². The number of aliphatic hydroxyl groups is 5. The normalized spacial score (nSPS) is 26.8. The molecule has 0 spiro atoms. The van der Waals surface area contributed by atoms with Crippen molar-refractivity contribution in [1.29, 1.82) is 0 Å². The van der Waals surface area contributed by atoms with Crippen LogP contribution in [0.25, 0.3) is 6.08 Å². The lowest BCUT2D eigenvalue weighted by Crippen LogP contribution is -2.60. The van der Waals surface area contributed by atoms with Gasteiger partial charge in [0.15, 0.2) is 6.29 Å². The number of methoxy groups -OCH3 is 2. The Morgan fingerprint density at radius 2 is 1.81 bits per heavy atom. The molecule has 11 heteroatoms. The van der Waals surface area contributed by atoms with Gasteiger partial charge in [0.05, 0.1) is 32.5 Å². The van der Waals surface area contributed by atoms with Crippen LogP contribution in [0, 0.1) is 12.8 Å². The fraction of sp³-hybridized carbons (Fsp3) is 0.581. The molecule has 0 aliphatic carbocycles. The maximum atomic E-state index is 12.6. The van der Waals surface area contributed by atoms with Crippen LogP contribution in [0.5, 0.6) is 11.6 Å². The molecule has 6 N–H and O–H groups in total. The van der Waals surface area contributed by atoms with Gasteiger partial charge in [-0.2, -0.15) is 0 Å². The van der Waals surface area contributed by atoms with Gasteiger partial charge in [0.25, 0.3) is 0 Å². The van der Waals surface area contributed by atoms with Gasteiger partial charge in [-0.3, -0.25) is 4.79 Å². The van der Waals surface area contributed by atoms with Crippen LogP contribution in [0.1, 0.15) is 52.3 Å². The molecule has 2 heterocycles. The molecule has 7 unspecified atom stereocenters. The van der Waals surface area contributed by atoms with Crippen LogP contribution in [-0.4, -0.2) is 93.8 Å². The lowest BCUT2D eigenvalue weighted by molar-refractivity contribution is -0.310. The number of aliphatic hydroxyl groups excluding tert-OH is 4. The molecule has 0 radical (unpaired) electrons. The van der Waals surface area contributed by atoms with Crippen molar-refractivity contribution in [3.05, 3.63) is 63.0 Å². The monoisotopic (exact) mass is 593 g/mol. The molecule has 11 nitrogen and oxygen atoms in total. The highest BCUT2D eigenvalue weighted by molar-refractivity contribution is 5.54. The fourth-order valence-corrected chi connectivity index (χ4v) is 4.67. The van der Waals surface area contributed by atoms with Crippen molar-refractivity contribution >= 4 is 6.08 Å². The predicted molar refractivity (Wildman–Crippen MR) is 159 cm³/mol. The quantitative estimate of drug-likeness (QED) is 0.147. The predicted octanol–water partition coefficient (Wildman–Crippen LogP) is 2.14. The third-order valence-electron chi connectivity index (χ3n) is 7.37. The van der Waals surface area contributed by atoms with Crippen molar-refractivity contribution in [3.63, 3.8) is 0 Å². The molecule has 1 aliphatic rings. The molecule has 1 saturated heterocycles. The van der Waals surface area contributed by atoms with E-state index in [0.717, 1.165) is 11.1 Å². The summed E-state index contributed by atoms with van der Waals surface area (Å²) in [6, 6.07) is 0. The summed E-state index contributed by atoms with van der Waals surface area (Å²) in [5.41, 5.74) is 1.17. The smallest absolute Gasteiger partial charge is 0.238 e. The van der Waals surface area contributed by atoms with Gasteiger partial charge in [0.1, 0.15) is 24.4 Å². The first-order valence-corrected chi connectivity index (χ1v) is 13.9. The fourth-order valence-electron chi connectivity index (χ4n) is 4.67. The van der Waals surface area contributed by atoms with Crippen molar-refractivity contribution in [2.75, 3.05) is 20.8 Å². The Balaban J connectivity index is 2.14. The standard InChI is InChI=1S/C31H47NO10/c1-9-18(3)27(42-30-26(37)25(36)24(35)22(16-33)41-30)19(4)15-17(2)11-10-13-31(6,38)14-12-21-20(5)23(34)28(39-7)29(32-21)40-8/h9-12,14-15,19,22,24-27,30,33,35-38H,13,16H2,1-8H3,(H,32,34)/b11-10+,14-12+,17-15+,18-9+/t19?,22?,24?,25?,26?,27?,30?,31-/m0/s1. The minimum atomic E-state index is -1.53. The Bertz CT molecular complexity index is 1210. The average Bonchev–Trinajstić information content (AvgIpc) is 2.95. The molecular weight excluding hydrogens is 546 g/mol. The third-order valence-corrected chi connectivity index (χ3v) is 7.37. The van der Waals surface area contributed by atoms with Crippen LogP contribution in [-0.2, 0) is 9.47 Å². The Labute approximate surface area is 247 Å². The van der Waals surface area contributed by atoms with E-state index in [0.29, 0.717) is 11.3 Å². The van der Waals surface area contributed by atoms with Gasteiger partial charge in [-0.1, -0.05) is 42.9 Å². The van der Waals surface area contributed by atoms with Gasteiger partial charge in [-0.15, -0.1) is 0 Å². The zero-order chi connectivity index (χ0) is 31.8. The molecule has 1 fully saturated rings. The molecule has 0 saturated carbocycles. The molecule has 0 aromatic carbocycles. The van der Waals surface area contributed by atoms with Crippen LogP contribution in [0.15, 0.2) is 46.3 Å². The van der Waals surface area contributed by atoms with Gasteiger partial charge in [0, 0.05) is 17.2 Å². The molecule has 42 heavy (non-hydrogen) atoms. The number of aromatic nitrogens is 1. The highest BCUT2D eigenvalue weighted by Crippen LogP contribution is 2.28. The molecule has 0 bridgehead atoms. The van der Waals surface area contributed by atoms with E-state index in [2.05, 4.69) is 4.98 Å². The molecule has 236 valence electrons. The van der Waals surface area contributed by atoms with E-state index in [1.54, 1.807) is 26.0 Å². The minimum Gasteiger partial charge on any atom is -0.488 e. The second-order valence-corrected chi connectivity index (χ2v) is 10.9. The maximum absolute atomic E-state index is 12.6.